The number of likely N-dealkylation sites (tertiary alicyclic amines) is 1. The summed E-state index contributed by atoms with van der Waals surface area (Å²) in [4.78, 5) is 18.9. The largest absolute Gasteiger partial charge is 0.339 e. The van der Waals surface area contributed by atoms with E-state index in [-0.39, 0.29) is 5.91 Å². The molecule has 0 bridgehead atoms. The number of amides is 1. The zero-order valence-electron chi connectivity index (χ0n) is 13.7. The monoisotopic (exact) mass is 332 g/mol. The zero-order valence-corrected chi connectivity index (χ0v) is 14.6. The molecule has 0 saturated carbocycles. The molecule has 2 aromatic rings. The van der Waals surface area contributed by atoms with Crippen LogP contribution in [0.25, 0.3) is 5.65 Å². The number of aryl methyl sites for hydroxylation is 1. The van der Waals surface area contributed by atoms with Gasteiger partial charge in [-0.1, -0.05) is 6.07 Å². The van der Waals surface area contributed by atoms with E-state index in [1.807, 2.05) is 21.6 Å². The number of nitrogens with zero attached hydrogens (tertiary/aromatic N) is 3. The fourth-order valence-corrected chi connectivity index (χ4v) is 4.00. The van der Waals surface area contributed by atoms with Crippen molar-refractivity contribution in [3.63, 3.8) is 0 Å². The first-order valence-corrected chi connectivity index (χ1v) is 9.24. The molecule has 0 spiro atoms. The second-order valence-electron chi connectivity index (χ2n) is 6.43. The summed E-state index contributed by atoms with van der Waals surface area (Å²) in [5.74, 6) is 1.95. The molecule has 2 unspecified atom stereocenters. The molecule has 1 aliphatic heterocycles. The minimum absolute atomic E-state index is 0.220. The normalized spacial score (nSPS) is 21.3. The first-order valence-electron chi connectivity index (χ1n) is 8.08. The van der Waals surface area contributed by atoms with Gasteiger partial charge < -0.3 is 15.0 Å². The Morgan fingerprint density at radius 2 is 2.26 bits per heavy atom. The summed E-state index contributed by atoms with van der Waals surface area (Å²) in [6.45, 7) is 5.66. The van der Waals surface area contributed by atoms with E-state index < -0.39 is 0 Å². The van der Waals surface area contributed by atoms with Crippen molar-refractivity contribution in [1.82, 2.24) is 14.3 Å². The summed E-state index contributed by atoms with van der Waals surface area (Å²) in [7, 11) is 0. The molecule has 124 valence electrons. The molecule has 0 radical (unpaired) electrons. The van der Waals surface area contributed by atoms with E-state index in [1.165, 1.54) is 5.56 Å². The number of hydrogen-bond donors (Lipinski definition) is 1. The van der Waals surface area contributed by atoms with Crippen LogP contribution in [0.1, 0.15) is 24.6 Å². The maximum absolute atomic E-state index is 12.4. The molecule has 1 fully saturated rings. The third kappa shape index (κ3) is 3.70. The van der Waals surface area contributed by atoms with Crippen molar-refractivity contribution in [2.45, 2.75) is 32.1 Å². The first kappa shape index (κ1) is 16.3. The maximum atomic E-state index is 12.4. The van der Waals surface area contributed by atoms with Crippen LogP contribution in [-0.2, 0) is 10.5 Å². The van der Waals surface area contributed by atoms with Gasteiger partial charge in [0.2, 0.25) is 5.91 Å². The van der Waals surface area contributed by atoms with Crippen LogP contribution in [0.4, 0.5) is 0 Å². The summed E-state index contributed by atoms with van der Waals surface area (Å²) >= 11 is 1.63. The molecule has 2 N–H and O–H groups in total. The predicted octanol–water partition coefficient (Wildman–Crippen LogP) is 2.07. The quantitative estimate of drug-likeness (QED) is 0.910. The van der Waals surface area contributed by atoms with E-state index in [4.69, 9.17) is 5.73 Å². The van der Waals surface area contributed by atoms with Crippen LogP contribution in [0.5, 0.6) is 0 Å². The van der Waals surface area contributed by atoms with Crippen LogP contribution in [0.2, 0.25) is 0 Å². The SMILES string of the molecule is Cc1ccc2nc(CSCC(=O)N3CC(CN)CC3C)cn2c1. The van der Waals surface area contributed by atoms with Crippen LogP contribution in [0.3, 0.4) is 0 Å². The van der Waals surface area contributed by atoms with E-state index in [1.54, 1.807) is 11.8 Å². The summed E-state index contributed by atoms with van der Waals surface area (Å²) in [6, 6.07) is 4.40. The Bertz CT molecular complexity index is 699. The molecule has 6 heteroatoms. The molecule has 1 amide bonds. The number of fused-ring (bicyclic) bond motifs is 1. The van der Waals surface area contributed by atoms with Gasteiger partial charge in [-0.25, -0.2) is 4.98 Å². The van der Waals surface area contributed by atoms with Gasteiger partial charge >= 0.3 is 0 Å². The van der Waals surface area contributed by atoms with Crippen LogP contribution in [0, 0.1) is 12.8 Å². The first-order chi connectivity index (χ1) is 11.1. The third-order valence-electron chi connectivity index (χ3n) is 4.44. The topological polar surface area (TPSA) is 63.6 Å². The number of nitrogens with two attached hydrogens (primary N) is 1. The number of rotatable bonds is 5. The van der Waals surface area contributed by atoms with Crippen molar-refractivity contribution < 1.29 is 4.79 Å². The summed E-state index contributed by atoms with van der Waals surface area (Å²) in [5, 5.41) is 0. The van der Waals surface area contributed by atoms with Crippen molar-refractivity contribution in [3.8, 4) is 0 Å². The van der Waals surface area contributed by atoms with Gasteiger partial charge in [0, 0.05) is 30.7 Å². The third-order valence-corrected chi connectivity index (χ3v) is 5.39. The molecular weight excluding hydrogens is 308 g/mol. The van der Waals surface area contributed by atoms with Gasteiger partial charge in [0.25, 0.3) is 0 Å². The van der Waals surface area contributed by atoms with E-state index in [0.717, 1.165) is 30.1 Å². The number of imidazole rings is 1. The highest BCUT2D eigenvalue weighted by molar-refractivity contribution is 7.99. The molecule has 1 aliphatic rings. The van der Waals surface area contributed by atoms with Crippen molar-refractivity contribution in [3.05, 3.63) is 35.8 Å². The van der Waals surface area contributed by atoms with Gasteiger partial charge in [-0.15, -0.1) is 11.8 Å². The molecule has 3 rings (SSSR count). The average Bonchev–Trinajstić information content (AvgIpc) is 3.09. The number of carbonyl (C=O) groups is 1. The van der Waals surface area contributed by atoms with Crippen molar-refractivity contribution in [1.29, 1.82) is 0 Å². The molecule has 2 aromatic heterocycles. The van der Waals surface area contributed by atoms with E-state index in [9.17, 15) is 4.79 Å². The number of aromatic nitrogens is 2. The van der Waals surface area contributed by atoms with Gasteiger partial charge in [0.1, 0.15) is 5.65 Å². The molecule has 0 aliphatic carbocycles. The lowest BCUT2D eigenvalue weighted by Crippen LogP contribution is -2.35. The van der Waals surface area contributed by atoms with Gasteiger partial charge in [0.05, 0.1) is 11.4 Å². The van der Waals surface area contributed by atoms with Gasteiger partial charge in [-0.05, 0) is 44.4 Å². The fourth-order valence-electron chi connectivity index (χ4n) is 3.21. The summed E-state index contributed by atoms with van der Waals surface area (Å²) in [5.41, 5.74) is 8.91. The van der Waals surface area contributed by atoms with Gasteiger partial charge in [-0.2, -0.15) is 0 Å². The molecule has 1 saturated heterocycles. The van der Waals surface area contributed by atoms with Gasteiger partial charge in [-0.3, -0.25) is 4.79 Å². The van der Waals surface area contributed by atoms with Gasteiger partial charge in [0.15, 0.2) is 0 Å². The predicted molar refractivity (Wildman–Crippen MR) is 94.4 cm³/mol. The highest BCUT2D eigenvalue weighted by Gasteiger charge is 2.31. The minimum atomic E-state index is 0.220. The minimum Gasteiger partial charge on any atom is -0.339 e. The smallest absolute Gasteiger partial charge is 0.232 e. The Hall–Kier alpha value is -1.53. The molecule has 5 nitrogen and oxygen atoms in total. The Kier molecular flexibility index (Phi) is 4.92. The molecular formula is C17H24N4OS. The van der Waals surface area contributed by atoms with E-state index in [0.29, 0.717) is 24.3 Å². The lowest BCUT2D eigenvalue weighted by Gasteiger charge is -2.21. The van der Waals surface area contributed by atoms with Crippen LogP contribution in [-0.4, -0.2) is 45.1 Å². The Morgan fingerprint density at radius 3 is 3.00 bits per heavy atom. The molecule has 23 heavy (non-hydrogen) atoms. The Balaban J connectivity index is 1.53. The summed E-state index contributed by atoms with van der Waals surface area (Å²) < 4.78 is 2.04. The lowest BCUT2D eigenvalue weighted by molar-refractivity contribution is -0.128. The molecule has 2 atom stereocenters. The van der Waals surface area contributed by atoms with E-state index >= 15 is 0 Å². The molecule has 0 aromatic carbocycles. The highest BCUT2D eigenvalue weighted by Crippen LogP contribution is 2.23. The van der Waals surface area contributed by atoms with E-state index in [2.05, 4.69) is 31.1 Å². The number of thioether (sulfide) groups is 1. The second-order valence-corrected chi connectivity index (χ2v) is 7.42. The average molecular weight is 332 g/mol. The highest BCUT2D eigenvalue weighted by atomic mass is 32.2. The van der Waals surface area contributed by atoms with Crippen molar-refractivity contribution >= 4 is 23.3 Å². The number of pyridine rings is 1. The summed E-state index contributed by atoms with van der Waals surface area (Å²) in [6.07, 6.45) is 5.14. The van der Waals surface area contributed by atoms with Crippen molar-refractivity contribution in [2.24, 2.45) is 11.7 Å². The van der Waals surface area contributed by atoms with Crippen LogP contribution < -0.4 is 5.73 Å². The Labute approximate surface area is 141 Å². The fraction of sp³-hybridized carbons (Fsp3) is 0.529. The van der Waals surface area contributed by atoms with Crippen LogP contribution in [0.15, 0.2) is 24.5 Å². The zero-order chi connectivity index (χ0) is 16.4. The Morgan fingerprint density at radius 1 is 1.43 bits per heavy atom. The lowest BCUT2D eigenvalue weighted by atomic mass is 10.1. The molecule has 3 heterocycles. The maximum Gasteiger partial charge on any atom is 0.232 e. The number of carbonyl (C=O) groups excluding carboxylic acids is 1. The second kappa shape index (κ2) is 6.93. The standard InChI is InChI=1S/C17H24N4OS/c1-12-3-4-16-19-15(9-20(16)7-12)10-23-11-17(22)21-8-14(6-18)5-13(21)2/h3-4,7,9,13-14H,5-6,8,10-11,18H2,1-2H3. The number of hydrogen-bond acceptors (Lipinski definition) is 4. The van der Waals surface area contributed by atoms with Crippen LogP contribution >= 0.6 is 11.8 Å². The van der Waals surface area contributed by atoms with Crippen molar-refractivity contribution in [2.75, 3.05) is 18.8 Å².